The van der Waals surface area contributed by atoms with E-state index in [2.05, 4.69) is 25.6 Å². The molecule has 0 aliphatic heterocycles. The number of rotatable bonds is 5. The van der Waals surface area contributed by atoms with Crippen molar-refractivity contribution in [1.29, 1.82) is 0 Å². The van der Waals surface area contributed by atoms with Crippen molar-refractivity contribution >= 4 is 34.0 Å². The highest BCUT2D eigenvalue weighted by atomic mass is 32.1. The molecule has 0 spiro atoms. The SMILES string of the molecule is CC(C)C(=O)Nc1nc(CC(=O)Nc2cnc(C(C)(C)C)nc2)cs1. The Morgan fingerprint density at radius 1 is 1.16 bits per heavy atom. The molecule has 8 heteroatoms. The number of amides is 2. The van der Waals surface area contributed by atoms with Gasteiger partial charge in [0.15, 0.2) is 5.13 Å². The van der Waals surface area contributed by atoms with Gasteiger partial charge in [0.05, 0.1) is 30.2 Å². The Morgan fingerprint density at radius 3 is 2.36 bits per heavy atom. The summed E-state index contributed by atoms with van der Waals surface area (Å²) in [6, 6.07) is 0. The molecule has 134 valence electrons. The van der Waals surface area contributed by atoms with Crippen molar-refractivity contribution in [3.63, 3.8) is 0 Å². The van der Waals surface area contributed by atoms with Crippen LogP contribution in [0.3, 0.4) is 0 Å². The van der Waals surface area contributed by atoms with Crippen molar-refractivity contribution in [2.75, 3.05) is 10.6 Å². The van der Waals surface area contributed by atoms with Crippen LogP contribution in [0, 0.1) is 5.92 Å². The van der Waals surface area contributed by atoms with Crippen LogP contribution in [0.25, 0.3) is 0 Å². The first-order valence-electron chi connectivity index (χ1n) is 8.03. The number of nitrogens with zero attached hydrogens (tertiary/aromatic N) is 3. The second-order valence-electron chi connectivity index (χ2n) is 7.06. The number of aromatic nitrogens is 3. The van der Waals surface area contributed by atoms with Gasteiger partial charge in [0.2, 0.25) is 11.8 Å². The van der Waals surface area contributed by atoms with E-state index in [4.69, 9.17) is 0 Å². The minimum atomic E-state index is -0.209. The van der Waals surface area contributed by atoms with Gasteiger partial charge in [0, 0.05) is 16.7 Å². The highest BCUT2D eigenvalue weighted by Crippen LogP contribution is 2.19. The Morgan fingerprint density at radius 2 is 1.80 bits per heavy atom. The Balaban J connectivity index is 1.92. The summed E-state index contributed by atoms with van der Waals surface area (Å²) in [5.74, 6) is 0.294. The molecule has 0 saturated heterocycles. The zero-order chi connectivity index (χ0) is 18.6. The van der Waals surface area contributed by atoms with Crippen LogP contribution >= 0.6 is 11.3 Å². The van der Waals surface area contributed by atoms with E-state index in [9.17, 15) is 9.59 Å². The Hall–Kier alpha value is -2.35. The van der Waals surface area contributed by atoms with Crippen LogP contribution in [0.1, 0.15) is 46.1 Å². The van der Waals surface area contributed by atoms with Gasteiger partial charge in [-0.25, -0.2) is 15.0 Å². The maximum absolute atomic E-state index is 12.1. The summed E-state index contributed by atoms with van der Waals surface area (Å²) in [7, 11) is 0. The zero-order valence-electron chi connectivity index (χ0n) is 15.1. The third-order valence-electron chi connectivity index (χ3n) is 3.25. The lowest BCUT2D eigenvalue weighted by Gasteiger charge is -2.16. The van der Waals surface area contributed by atoms with Gasteiger partial charge in [-0.2, -0.15) is 0 Å². The van der Waals surface area contributed by atoms with Crippen molar-refractivity contribution in [2.45, 2.75) is 46.5 Å². The van der Waals surface area contributed by atoms with E-state index in [0.717, 1.165) is 5.82 Å². The van der Waals surface area contributed by atoms with Gasteiger partial charge in [0.1, 0.15) is 5.82 Å². The van der Waals surface area contributed by atoms with Crippen molar-refractivity contribution in [3.05, 3.63) is 29.3 Å². The number of anilines is 2. The zero-order valence-corrected chi connectivity index (χ0v) is 15.9. The normalized spacial score (nSPS) is 11.4. The van der Waals surface area contributed by atoms with Crippen LogP contribution < -0.4 is 10.6 Å². The van der Waals surface area contributed by atoms with E-state index in [-0.39, 0.29) is 29.6 Å². The average Bonchev–Trinajstić information content (AvgIpc) is 2.93. The van der Waals surface area contributed by atoms with Crippen molar-refractivity contribution in [3.8, 4) is 0 Å². The summed E-state index contributed by atoms with van der Waals surface area (Å²) in [5, 5.41) is 7.73. The molecule has 0 radical (unpaired) electrons. The molecule has 7 nitrogen and oxygen atoms in total. The molecule has 0 aromatic carbocycles. The van der Waals surface area contributed by atoms with Crippen LogP contribution in [-0.2, 0) is 21.4 Å². The highest BCUT2D eigenvalue weighted by Gasteiger charge is 2.17. The molecule has 2 aromatic rings. The predicted molar refractivity (Wildman–Crippen MR) is 98.6 cm³/mol. The second kappa shape index (κ2) is 7.69. The van der Waals surface area contributed by atoms with E-state index in [1.54, 1.807) is 17.8 Å². The van der Waals surface area contributed by atoms with Crippen LogP contribution in [0.5, 0.6) is 0 Å². The van der Waals surface area contributed by atoms with Gasteiger partial charge < -0.3 is 10.6 Å². The van der Waals surface area contributed by atoms with Gasteiger partial charge in [0.25, 0.3) is 0 Å². The summed E-state index contributed by atoms with van der Waals surface area (Å²) < 4.78 is 0. The van der Waals surface area contributed by atoms with Crippen molar-refractivity contribution in [2.24, 2.45) is 5.92 Å². The second-order valence-corrected chi connectivity index (χ2v) is 7.92. The lowest BCUT2D eigenvalue weighted by molar-refractivity contribution is -0.119. The van der Waals surface area contributed by atoms with Gasteiger partial charge in [-0.05, 0) is 0 Å². The number of carbonyl (C=O) groups is 2. The molecule has 2 rings (SSSR count). The standard InChI is InChI=1S/C17H23N5O2S/c1-10(2)14(24)22-16-21-11(9-25-16)6-13(23)20-12-7-18-15(19-8-12)17(3,4)5/h7-10H,6H2,1-5H3,(H,20,23)(H,21,22,24). The van der Waals surface area contributed by atoms with Crippen LogP contribution in [0.15, 0.2) is 17.8 Å². The van der Waals surface area contributed by atoms with E-state index < -0.39 is 0 Å². The molecule has 2 aromatic heterocycles. The number of hydrogen-bond donors (Lipinski definition) is 2. The summed E-state index contributed by atoms with van der Waals surface area (Å²) in [6.45, 7) is 9.70. The van der Waals surface area contributed by atoms with E-state index in [1.807, 2.05) is 34.6 Å². The monoisotopic (exact) mass is 361 g/mol. The third kappa shape index (κ3) is 5.60. The number of nitrogens with one attached hydrogen (secondary N) is 2. The van der Waals surface area contributed by atoms with Gasteiger partial charge in [-0.1, -0.05) is 34.6 Å². The van der Waals surface area contributed by atoms with Gasteiger partial charge in [-0.15, -0.1) is 11.3 Å². The fraction of sp³-hybridized carbons (Fsp3) is 0.471. The molecule has 0 aliphatic rings. The first-order chi connectivity index (χ1) is 11.6. The quantitative estimate of drug-likeness (QED) is 0.853. The van der Waals surface area contributed by atoms with Gasteiger partial charge >= 0.3 is 0 Å². The summed E-state index contributed by atoms with van der Waals surface area (Å²) in [6.07, 6.45) is 3.32. The van der Waals surface area contributed by atoms with Crippen LogP contribution in [-0.4, -0.2) is 26.8 Å². The lowest BCUT2D eigenvalue weighted by atomic mass is 9.96. The summed E-state index contributed by atoms with van der Waals surface area (Å²) in [5.41, 5.74) is 1.01. The topological polar surface area (TPSA) is 96.9 Å². The maximum atomic E-state index is 12.1. The summed E-state index contributed by atoms with van der Waals surface area (Å²) in [4.78, 5) is 36.6. The summed E-state index contributed by atoms with van der Waals surface area (Å²) >= 11 is 1.30. The average molecular weight is 361 g/mol. The first kappa shape index (κ1) is 19.0. The highest BCUT2D eigenvalue weighted by molar-refractivity contribution is 7.13. The minimum Gasteiger partial charge on any atom is -0.323 e. The number of hydrogen-bond acceptors (Lipinski definition) is 6. The third-order valence-corrected chi connectivity index (χ3v) is 4.06. The molecule has 2 heterocycles. The van der Waals surface area contributed by atoms with Crippen molar-refractivity contribution < 1.29 is 9.59 Å². The van der Waals surface area contributed by atoms with Crippen LogP contribution in [0.4, 0.5) is 10.8 Å². The first-order valence-corrected chi connectivity index (χ1v) is 8.91. The fourth-order valence-electron chi connectivity index (χ4n) is 1.84. The molecule has 0 bridgehead atoms. The predicted octanol–water partition coefficient (Wildman–Crippen LogP) is 3.01. The smallest absolute Gasteiger partial charge is 0.230 e. The molecule has 0 atom stereocenters. The Labute approximate surface area is 151 Å². The Kier molecular flexibility index (Phi) is 5.84. The fourth-order valence-corrected chi connectivity index (χ4v) is 2.56. The molecule has 0 aliphatic carbocycles. The minimum absolute atomic E-state index is 0.0959. The maximum Gasteiger partial charge on any atom is 0.230 e. The molecule has 25 heavy (non-hydrogen) atoms. The van der Waals surface area contributed by atoms with Crippen molar-refractivity contribution in [1.82, 2.24) is 15.0 Å². The largest absolute Gasteiger partial charge is 0.323 e. The molecule has 2 N–H and O–H groups in total. The van der Waals surface area contributed by atoms with E-state index in [0.29, 0.717) is 16.5 Å². The molecule has 0 fully saturated rings. The molecule has 2 amide bonds. The Bertz CT molecular complexity index is 747. The molecular formula is C17H23N5O2S. The van der Waals surface area contributed by atoms with E-state index >= 15 is 0 Å². The number of thiazole rings is 1. The van der Waals surface area contributed by atoms with Crippen LogP contribution in [0.2, 0.25) is 0 Å². The lowest BCUT2D eigenvalue weighted by Crippen LogP contribution is -2.19. The van der Waals surface area contributed by atoms with Gasteiger partial charge in [-0.3, -0.25) is 9.59 Å². The molecule has 0 saturated carbocycles. The number of carbonyl (C=O) groups excluding carboxylic acids is 2. The molecule has 0 unspecified atom stereocenters. The molecular weight excluding hydrogens is 338 g/mol. The van der Waals surface area contributed by atoms with E-state index in [1.165, 1.54) is 11.3 Å².